The Hall–Kier alpha value is -2.40. The third kappa shape index (κ3) is 4.30. The average molecular weight is 387 g/mol. The Bertz CT molecular complexity index is 834. The van der Waals surface area contributed by atoms with Crippen LogP contribution >= 0.6 is 11.6 Å². The van der Waals surface area contributed by atoms with Crippen molar-refractivity contribution in [1.82, 2.24) is 0 Å². The maximum absolute atomic E-state index is 12.4. The molecule has 0 bridgehead atoms. The quantitative estimate of drug-likeness (QED) is 0.851. The number of fused-ring (bicyclic) bond motifs is 1. The zero-order valence-corrected chi connectivity index (χ0v) is 15.9. The number of hydrogen-bond donors (Lipinski definition) is 1. The Balaban J connectivity index is 1.40. The van der Waals surface area contributed by atoms with Crippen molar-refractivity contribution < 1.29 is 14.3 Å². The van der Waals surface area contributed by atoms with E-state index >= 15 is 0 Å². The lowest BCUT2D eigenvalue weighted by molar-refractivity contribution is -0.115. The summed E-state index contributed by atoms with van der Waals surface area (Å²) in [7, 11) is 0. The second-order valence-electron chi connectivity index (χ2n) is 6.92. The van der Waals surface area contributed by atoms with Crippen LogP contribution in [0.1, 0.15) is 24.8 Å². The molecule has 4 rings (SSSR count). The number of amides is 1. The summed E-state index contributed by atoms with van der Waals surface area (Å²) < 4.78 is 11.1. The molecule has 0 aromatic heterocycles. The number of hydrogen-bond acceptors (Lipinski definition) is 4. The molecule has 0 aliphatic carbocycles. The van der Waals surface area contributed by atoms with Crippen LogP contribution < -0.4 is 19.7 Å². The number of anilines is 2. The van der Waals surface area contributed by atoms with E-state index in [0.717, 1.165) is 30.1 Å². The van der Waals surface area contributed by atoms with Gasteiger partial charge in [0.15, 0.2) is 11.5 Å². The van der Waals surface area contributed by atoms with E-state index in [2.05, 4.69) is 10.2 Å². The van der Waals surface area contributed by atoms with Gasteiger partial charge >= 0.3 is 0 Å². The fourth-order valence-electron chi connectivity index (χ4n) is 3.56. The second kappa shape index (κ2) is 8.09. The van der Waals surface area contributed by atoms with Gasteiger partial charge in [-0.1, -0.05) is 17.7 Å². The van der Waals surface area contributed by atoms with Crippen LogP contribution in [0.5, 0.6) is 11.5 Å². The van der Waals surface area contributed by atoms with Crippen molar-refractivity contribution in [3.05, 3.63) is 47.0 Å². The summed E-state index contributed by atoms with van der Waals surface area (Å²) in [5, 5.41) is 3.60. The molecule has 6 heteroatoms. The molecule has 2 aromatic rings. The molecule has 0 atom stereocenters. The van der Waals surface area contributed by atoms with Crippen LogP contribution in [0, 0.1) is 0 Å². The highest BCUT2D eigenvalue weighted by Gasteiger charge is 2.16. The normalized spacial score (nSPS) is 16.1. The van der Waals surface area contributed by atoms with Crippen LogP contribution in [0.4, 0.5) is 11.4 Å². The lowest BCUT2D eigenvalue weighted by Gasteiger charge is -2.29. The molecule has 0 radical (unpaired) electrons. The molecule has 27 heavy (non-hydrogen) atoms. The van der Waals surface area contributed by atoms with Gasteiger partial charge in [0, 0.05) is 18.8 Å². The highest BCUT2D eigenvalue weighted by Crippen LogP contribution is 2.32. The molecule has 0 unspecified atom stereocenters. The Morgan fingerprint density at radius 1 is 1.00 bits per heavy atom. The van der Waals surface area contributed by atoms with Gasteiger partial charge in [-0.25, -0.2) is 0 Å². The number of piperidine rings is 1. The monoisotopic (exact) mass is 386 g/mol. The summed E-state index contributed by atoms with van der Waals surface area (Å²) in [4.78, 5) is 14.7. The predicted molar refractivity (Wildman–Crippen MR) is 107 cm³/mol. The molecule has 2 heterocycles. The van der Waals surface area contributed by atoms with Gasteiger partial charge in [-0.2, -0.15) is 0 Å². The average Bonchev–Trinajstić information content (AvgIpc) is 2.68. The van der Waals surface area contributed by atoms with Crippen molar-refractivity contribution in [3.63, 3.8) is 0 Å². The van der Waals surface area contributed by atoms with E-state index in [4.69, 9.17) is 21.1 Å². The minimum Gasteiger partial charge on any atom is -0.486 e. The zero-order valence-electron chi connectivity index (χ0n) is 15.2. The maximum Gasteiger partial charge on any atom is 0.228 e. The van der Waals surface area contributed by atoms with Crippen molar-refractivity contribution in [2.24, 2.45) is 0 Å². The molecule has 2 aromatic carbocycles. The van der Waals surface area contributed by atoms with Crippen LogP contribution in [-0.2, 0) is 11.2 Å². The Kier molecular flexibility index (Phi) is 5.39. The van der Waals surface area contributed by atoms with Crippen LogP contribution in [0.2, 0.25) is 5.02 Å². The van der Waals surface area contributed by atoms with E-state index in [1.165, 1.54) is 19.3 Å². The number of nitrogens with zero attached hydrogens (tertiary/aromatic N) is 1. The molecule has 5 nitrogen and oxygen atoms in total. The van der Waals surface area contributed by atoms with E-state index in [1.807, 2.05) is 36.4 Å². The number of rotatable bonds is 4. The van der Waals surface area contributed by atoms with Crippen molar-refractivity contribution >= 4 is 28.9 Å². The van der Waals surface area contributed by atoms with Gasteiger partial charge in [-0.05, 0) is 55.2 Å². The highest BCUT2D eigenvalue weighted by atomic mass is 35.5. The Labute approximate surface area is 164 Å². The first-order valence-electron chi connectivity index (χ1n) is 9.42. The molecular formula is C21H23ClN2O3. The third-order valence-corrected chi connectivity index (χ3v) is 5.20. The number of halogens is 1. The lowest BCUT2D eigenvalue weighted by atomic mass is 10.1. The Morgan fingerprint density at radius 3 is 2.56 bits per heavy atom. The van der Waals surface area contributed by atoms with Crippen molar-refractivity contribution in [2.75, 3.05) is 36.5 Å². The van der Waals surface area contributed by atoms with Crippen LogP contribution in [0.25, 0.3) is 0 Å². The smallest absolute Gasteiger partial charge is 0.228 e. The molecule has 2 aliphatic rings. The second-order valence-corrected chi connectivity index (χ2v) is 7.32. The molecule has 1 saturated heterocycles. The summed E-state index contributed by atoms with van der Waals surface area (Å²) in [6.07, 6.45) is 3.94. The van der Waals surface area contributed by atoms with E-state index in [1.54, 1.807) is 0 Å². The summed E-state index contributed by atoms with van der Waals surface area (Å²) in [6.45, 7) is 3.16. The predicted octanol–water partition coefficient (Wildman–Crippen LogP) is 4.28. The standard InChI is InChI=1S/C21H23ClN2O3/c22-17-14-16(5-6-18(17)24-8-2-1-3-9-24)23-21(25)13-15-4-7-19-20(12-15)27-11-10-26-19/h4-7,12,14H,1-3,8-11,13H2,(H,23,25). The molecule has 0 saturated carbocycles. The van der Waals surface area contributed by atoms with Gasteiger partial charge in [0.2, 0.25) is 5.91 Å². The largest absolute Gasteiger partial charge is 0.486 e. The van der Waals surface area contributed by atoms with Crippen molar-refractivity contribution in [3.8, 4) is 11.5 Å². The number of benzene rings is 2. The van der Waals surface area contributed by atoms with Gasteiger partial charge in [-0.15, -0.1) is 0 Å². The zero-order chi connectivity index (χ0) is 18.6. The summed E-state index contributed by atoms with van der Waals surface area (Å²) in [5.74, 6) is 1.33. The SMILES string of the molecule is O=C(Cc1ccc2c(c1)OCCO2)Nc1ccc(N2CCCCC2)c(Cl)c1. The van der Waals surface area contributed by atoms with Gasteiger partial charge in [-0.3, -0.25) is 4.79 Å². The lowest BCUT2D eigenvalue weighted by Crippen LogP contribution is -2.29. The molecule has 2 aliphatic heterocycles. The van der Waals surface area contributed by atoms with Crippen LogP contribution in [0.3, 0.4) is 0 Å². The van der Waals surface area contributed by atoms with E-state index in [0.29, 0.717) is 29.7 Å². The fourth-order valence-corrected chi connectivity index (χ4v) is 3.86. The first-order valence-corrected chi connectivity index (χ1v) is 9.80. The molecule has 1 amide bonds. The molecule has 1 fully saturated rings. The van der Waals surface area contributed by atoms with Crippen molar-refractivity contribution in [2.45, 2.75) is 25.7 Å². The topological polar surface area (TPSA) is 50.8 Å². The summed E-state index contributed by atoms with van der Waals surface area (Å²) in [6, 6.07) is 11.3. The first-order chi connectivity index (χ1) is 13.2. The minimum absolute atomic E-state index is 0.0894. The number of nitrogens with one attached hydrogen (secondary N) is 1. The van der Waals surface area contributed by atoms with Crippen LogP contribution in [0.15, 0.2) is 36.4 Å². The molecule has 142 valence electrons. The fraction of sp³-hybridized carbons (Fsp3) is 0.381. The van der Waals surface area contributed by atoms with Gasteiger partial charge in [0.1, 0.15) is 13.2 Å². The van der Waals surface area contributed by atoms with Crippen molar-refractivity contribution in [1.29, 1.82) is 0 Å². The molecule has 0 spiro atoms. The maximum atomic E-state index is 12.4. The van der Waals surface area contributed by atoms with Gasteiger partial charge in [0.05, 0.1) is 17.1 Å². The minimum atomic E-state index is -0.0894. The summed E-state index contributed by atoms with van der Waals surface area (Å²) >= 11 is 6.46. The number of ether oxygens (including phenoxy) is 2. The number of carbonyl (C=O) groups is 1. The first kappa shape index (κ1) is 18.0. The number of carbonyl (C=O) groups excluding carboxylic acids is 1. The summed E-state index contributed by atoms with van der Waals surface area (Å²) in [5.41, 5.74) is 2.64. The molecule has 1 N–H and O–H groups in total. The highest BCUT2D eigenvalue weighted by molar-refractivity contribution is 6.33. The van der Waals surface area contributed by atoms with E-state index < -0.39 is 0 Å². The van der Waals surface area contributed by atoms with Crippen LogP contribution in [-0.4, -0.2) is 32.2 Å². The third-order valence-electron chi connectivity index (χ3n) is 4.90. The van der Waals surface area contributed by atoms with E-state index in [-0.39, 0.29) is 12.3 Å². The molecular weight excluding hydrogens is 364 g/mol. The van der Waals surface area contributed by atoms with Gasteiger partial charge < -0.3 is 19.7 Å². The van der Waals surface area contributed by atoms with Gasteiger partial charge in [0.25, 0.3) is 0 Å². The van der Waals surface area contributed by atoms with E-state index in [9.17, 15) is 4.79 Å². The Morgan fingerprint density at radius 2 is 1.78 bits per heavy atom.